The number of amides is 2. The molecule has 154 valence electrons. The maximum atomic E-state index is 12.6. The van der Waals surface area contributed by atoms with Crippen molar-refractivity contribution in [3.63, 3.8) is 0 Å². The zero-order valence-corrected chi connectivity index (χ0v) is 16.9. The van der Waals surface area contributed by atoms with Crippen LogP contribution in [0.15, 0.2) is 24.3 Å². The van der Waals surface area contributed by atoms with Crippen molar-refractivity contribution in [3.8, 4) is 0 Å². The highest BCUT2D eigenvalue weighted by molar-refractivity contribution is 6.04. The second-order valence-electron chi connectivity index (χ2n) is 6.97. The molecule has 8 nitrogen and oxygen atoms in total. The molecule has 0 aliphatic carbocycles. The summed E-state index contributed by atoms with van der Waals surface area (Å²) < 4.78 is 10.3. The minimum absolute atomic E-state index is 0.284. The zero-order chi connectivity index (χ0) is 21.0. The number of carbonyl (C=O) groups is 3. The highest BCUT2D eigenvalue weighted by Gasteiger charge is 2.25. The Kier molecular flexibility index (Phi) is 6.31. The molecule has 0 saturated carbocycles. The van der Waals surface area contributed by atoms with Gasteiger partial charge in [0.1, 0.15) is 0 Å². The Hall–Kier alpha value is -3.16. The third-order valence-electron chi connectivity index (χ3n) is 4.80. The minimum atomic E-state index is -0.551. The van der Waals surface area contributed by atoms with Gasteiger partial charge < -0.3 is 19.3 Å². The molecule has 0 bridgehead atoms. The fourth-order valence-corrected chi connectivity index (χ4v) is 3.29. The fraction of sp³-hybridized carbons (Fsp3) is 0.429. The third kappa shape index (κ3) is 4.82. The van der Waals surface area contributed by atoms with Crippen molar-refractivity contribution in [2.24, 2.45) is 0 Å². The number of pyridine rings is 1. The lowest BCUT2D eigenvalue weighted by atomic mass is 10.1. The Labute approximate surface area is 169 Å². The van der Waals surface area contributed by atoms with Gasteiger partial charge in [0, 0.05) is 37.3 Å². The second-order valence-corrected chi connectivity index (χ2v) is 6.97. The van der Waals surface area contributed by atoms with Crippen molar-refractivity contribution < 1.29 is 23.9 Å². The Morgan fingerprint density at radius 2 is 1.69 bits per heavy atom. The average Bonchev–Trinajstić information content (AvgIpc) is 2.71. The Balaban J connectivity index is 1.60. The van der Waals surface area contributed by atoms with Crippen molar-refractivity contribution in [3.05, 3.63) is 41.1 Å². The molecule has 0 atom stereocenters. The highest BCUT2D eigenvalue weighted by atomic mass is 16.6. The standard InChI is InChI=1S/C21H25N3O5/c1-4-28-21(27)24-9-7-23(8-10-24)19(25)13-29-20(26)17-12-15(3)22-18-6-5-14(2)11-16(17)18/h5-6,11-12H,4,7-10,13H2,1-3H3. The van der Waals surface area contributed by atoms with Crippen molar-refractivity contribution >= 4 is 28.9 Å². The number of carbonyl (C=O) groups excluding carboxylic acids is 3. The van der Waals surface area contributed by atoms with Crippen LogP contribution >= 0.6 is 0 Å². The van der Waals surface area contributed by atoms with E-state index in [9.17, 15) is 14.4 Å². The van der Waals surface area contributed by atoms with Gasteiger partial charge in [-0.2, -0.15) is 0 Å². The van der Waals surface area contributed by atoms with Crippen LogP contribution in [0.25, 0.3) is 10.9 Å². The summed E-state index contributed by atoms with van der Waals surface area (Å²) in [6.07, 6.45) is -0.374. The van der Waals surface area contributed by atoms with E-state index in [2.05, 4.69) is 4.98 Å². The largest absolute Gasteiger partial charge is 0.452 e. The number of rotatable bonds is 4. The summed E-state index contributed by atoms with van der Waals surface area (Å²) in [7, 11) is 0. The monoisotopic (exact) mass is 399 g/mol. The molecule has 1 aliphatic heterocycles. The molecule has 1 aromatic carbocycles. The van der Waals surface area contributed by atoms with Crippen LogP contribution in [0.2, 0.25) is 0 Å². The molecule has 2 heterocycles. The molecule has 29 heavy (non-hydrogen) atoms. The van der Waals surface area contributed by atoms with E-state index in [1.807, 2.05) is 32.0 Å². The lowest BCUT2D eigenvalue weighted by molar-refractivity contribution is -0.136. The maximum Gasteiger partial charge on any atom is 0.409 e. The molecule has 0 spiro atoms. The van der Waals surface area contributed by atoms with Crippen LogP contribution in [0.1, 0.15) is 28.5 Å². The first-order chi connectivity index (χ1) is 13.9. The number of nitrogens with zero attached hydrogens (tertiary/aromatic N) is 3. The molecule has 2 amide bonds. The summed E-state index contributed by atoms with van der Waals surface area (Å²) in [5.74, 6) is -0.835. The molecule has 0 radical (unpaired) electrons. The van der Waals surface area contributed by atoms with E-state index >= 15 is 0 Å². The summed E-state index contributed by atoms with van der Waals surface area (Å²) in [5.41, 5.74) is 2.82. The zero-order valence-electron chi connectivity index (χ0n) is 16.9. The van der Waals surface area contributed by atoms with Crippen LogP contribution < -0.4 is 0 Å². The number of piperazine rings is 1. The molecule has 2 aromatic rings. The molecule has 8 heteroatoms. The summed E-state index contributed by atoms with van der Waals surface area (Å²) in [4.78, 5) is 44.4. The summed E-state index contributed by atoms with van der Waals surface area (Å²) in [5, 5.41) is 0.705. The van der Waals surface area contributed by atoms with Crippen molar-refractivity contribution in [1.29, 1.82) is 0 Å². The topological polar surface area (TPSA) is 89.0 Å². The predicted molar refractivity (Wildman–Crippen MR) is 107 cm³/mol. The molecule has 0 N–H and O–H groups in total. The van der Waals surface area contributed by atoms with E-state index in [1.165, 1.54) is 0 Å². The van der Waals surface area contributed by atoms with E-state index < -0.39 is 5.97 Å². The quantitative estimate of drug-likeness (QED) is 0.733. The van der Waals surface area contributed by atoms with E-state index in [1.54, 1.807) is 22.8 Å². The first-order valence-electron chi connectivity index (χ1n) is 9.63. The Morgan fingerprint density at radius 3 is 2.38 bits per heavy atom. The lowest BCUT2D eigenvalue weighted by Crippen LogP contribution is -2.51. The van der Waals surface area contributed by atoms with Crippen LogP contribution in [0.4, 0.5) is 4.79 Å². The molecular formula is C21H25N3O5. The van der Waals surface area contributed by atoms with Crippen molar-refractivity contribution in [1.82, 2.24) is 14.8 Å². The van der Waals surface area contributed by atoms with Gasteiger partial charge in [0.05, 0.1) is 17.7 Å². The van der Waals surface area contributed by atoms with E-state index in [0.29, 0.717) is 54.9 Å². The maximum absolute atomic E-state index is 12.6. The molecule has 0 unspecified atom stereocenters. The predicted octanol–water partition coefficient (Wildman–Crippen LogP) is 2.31. The number of esters is 1. The number of aryl methyl sites for hydroxylation is 2. The van der Waals surface area contributed by atoms with Gasteiger partial charge in [-0.05, 0) is 39.0 Å². The Morgan fingerprint density at radius 1 is 1.00 bits per heavy atom. The summed E-state index contributed by atoms with van der Waals surface area (Å²) in [6, 6.07) is 7.35. The summed E-state index contributed by atoms with van der Waals surface area (Å²) >= 11 is 0. The first-order valence-corrected chi connectivity index (χ1v) is 9.63. The van der Waals surface area contributed by atoms with Crippen LogP contribution in [0, 0.1) is 13.8 Å². The van der Waals surface area contributed by atoms with Crippen LogP contribution in [-0.4, -0.2) is 72.1 Å². The first kappa shape index (κ1) is 20.6. The van der Waals surface area contributed by atoms with Crippen LogP contribution in [0.5, 0.6) is 0 Å². The number of benzene rings is 1. The van der Waals surface area contributed by atoms with Gasteiger partial charge in [0.15, 0.2) is 6.61 Å². The van der Waals surface area contributed by atoms with Gasteiger partial charge in [-0.3, -0.25) is 9.78 Å². The van der Waals surface area contributed by atoms with Crippen LogP contribution in [0.3, 0.4) is 0 Å². The number of hydrogen-bond donors (Lipinski definition) is 0. The normalized spacial score (nSPS) is 14.0. The smallest absolute Gasteiger partial charge is 0.409 e. The van der Waals surface area contributed by atoms with E-state index in [-0.39, 0.29) is 18.6 Å². The highest BCUT2D eigenvalue weighted by Crippen LogP contribution is 2.21. The number of ether oxygens (including phenoxy) is 2. The van der Waals surface area contributed by atoms with Gasteiger partial charge in [0.2, 0.25) is 0 Å². The van der Waals surface area contributed by atoms with Crippen LogP contribution in [-0.2, 0) is 14.3 Å². The number of fused-ring (bicyclic) bond motifs is 1. The molecule has 1 saturated heterocycles. The van der Waals surface area contributed by atoms with Gasteiger partial charge in [-0.1, -0.05) is 11.6 Å². The molecule has 3 rings (SSSR count). The third-order valence-corrected chi connectivity index (χ3v) is 4.80. The number of aromatic nitrogens is 1. The number of hydrogen-bond acceptors (Lipinski definition) is 6. The SMILES string of the molecule is CCOC(=O)N1CCN(C(=O)COC(=O)c2cc(C)nc3ccc(C)cc23)CC1. The van der Waals surface area contributed by atoms with Gasteiger partial charge >= 0.3 is 12.1 Å². The van der Waals surface area contributed by atoms with E-state index in [4.69, 9.17) is 9.47 Å². The average molecular weight is 399 g/mol. The van der Waals surface area contributed by atoms with Gasteiger partial charge in [0.25, 0.3) is 5.91 Å². The van der Waals surface area contributed by atoms with Crippen molar-refractivity contribution in [2.75, 3.05) is 39.4 Å². The molecule has 1 fully saturated rings. The minimum Gasteiger partial charge on any atom is -0.452 e. The molecule has 1 aromatic heterocycles. The summed E-state index contributed by atoms with van der Waals surface area (Å²) in [6.45, 7) is 7.03. The lowest BCUT2D eigenvalue weighted by Gasteiger charge is -2.33. The molecule has 1 aliphatic rings. The van der Waals surface area contributed by atoms with E-state index in [0.717, 1.165) is 5.56 Å². The molecular weight excluding hydrogens is 374 g/mol. The van der Waals surface area contributed by atoms with Gasteiger partial charge in [-0.25, -0.2) is 9.59 Å². The second kappa shape index (κ2) is 8.89. The fourth-order valence-electron chi connectivity index (χ4n) is 3.29. The van der Waals surface area contributed by atoms with Gasteiger partial charge in [-0.15, -0.1) is 0 Å². The van der Waals surface area contributed by atoms with Crippen molar-refractivity contribution in [2.45, 2.75) is 20.8 Å². The Bertz CT molecular complexity index is 935.